The molecule has 4 heteroatoms. The summed E-state index contributed by atoms with van der Waals surface area (Å²) in [4.78, 5) is 16.0. The molecule has 0 aliphatic carbocycles. The van der Waals surface area contributed by atoms with E-state index in [1.807, 2.05) is 31.2 Å². The van der Waals surface area contributed by atoms with E-state index < -0.39 is 0 Å². The number of pyridine rings is 1. The molecule has 0 saturated carbocycles. The van der Waals surface area contributed by atoms with Crippen LogP contribution in [0.3, 0.4) is 0 Å². The fraction of sp³-hybridized carbons (Fsp3) is 0.200. The number of benzene rings is 1. The third-order valence-electron chi connectivity index (χ3n) is 2.72. The van der Waals surface area contributed by atoms with Crippen LogP contribution in [0.15, 0.2) is 42.7 Å². The molecule has 1 aromatic heterocycles. The van der Waals surface area contributed by atoms with Gasteiger partial charge in [0.05, 0.1) is 5.56 Å². The van der Waals surface area contributed by atoms with Crippen LogP contribution >= 0.6 is 11.6 Å². The number of carbonyl (C=O) groups is 1. The van der Waals surface area contributed by atoms with Crippen molar-refractivity contribution in [3.05, 3.63) is 53.3 Å². The quantitative estimate of drug-likeness (QED) is 0.926. The predicted octanol–water partition coefficient (Wildman–Crippen LogP) is 3.54. The van der Waals surface area contributed by atoms with E-state index in [4.69, 9.17) is 11.6 Å². The van der Waals surface area contributed by atoms with Gasteiger partial charge < -0.3 is 5.32 Å². The predicted molar refractivity (Wildman–Crippen MR) is 77.3 cm³/mol. The van der Waals surface area contributed by atoms with Crippen LogP contribution in [-0.2, 0) is 0 Å². The average molecular weight is 275 g/mol. The standard InChI is InChI=1S/C15H15ClN2O/c1-2-7-18-15(19)12-8-11(9-17-10-12)13-5-3-4-6-14(13)16/h3-6,8-10H,2,7H2,1H3,(H,18,19). The minimum Gasteiger partial charge on any atom is -0.352 e. The Bertz CT molecular complexity index is 584. The van der Waals surface area contributed by atoms with Gasteiger partial charge in [-0.25, -0.2) is 0 Å². The monoisotopic (exact) mass is 274 g/mol. The highest BCUT2D eigenvalue weighted by Crippen LogP contribution is 2.27. The van der Waals surface area contributed by atoms with Crippen molar-refractivity contribution < 1.29 is 4.79 Å². The molecule has 0 atom stereocenters. The molecular formula is C15H15ClN2O. The number of hydrogen-bond donors (Lipinski definition) is 1. The van der Waals surface area contributed by atoms with Gasteiger partial charge in [0, 0.05) is 35.1 Å². The van der Waals surface area contributed by atoms with Crippen LogP contribution < -0.4 is 5.32 Å². The molecule has 1 heterocycles. The number of nitrogens with zero attached hydrogens (tertiary/aromatic N) is 1. The second-order valence-corrected chi connectivity index (χ2v) is 4.61. The maximum absolute atomic E-state index is 11.9. The minimum absolute atomic E-state index is 0.108. The van der Waals surface area contributed by atoms with Gasteiger partial charge in [-0.05, 0) is 18.6 Å². The molecule has 0 spiro atoms. The first-order valence-electron chi connectivity index (χ1n) is 6.20. The third-order valence-corrected chi connectivity index (χ3v) is 3.05. The molecule has 2 rings (SSSR count). The van der Waals surface area contributed by atoms with Crippen molar-refractivity contribution in [3.63, 3.8) is 0 Å². The number of rotatable bonds is 4. The van der Waals surface area contributed by atoms with Gasteiger partial charge in [-0.1, -0.05) is 36.7 Å². The molecule has 19 heavy (non-hydrogen) atoms. The van der Waals surface area contributed by atoms with Crippen LogP contribution in [0.5, 0.6) is 0 Å². The first-order valence-corrected chi connectivity index (χ1v) is 6.58. The van der Waals surface area contributed by atoms with Crippen LogP contribution in [0.2, 0.25) is 5.02 Å². The summed E-state index contributed by atoms with van der Waals surface area (Å²) < 4.78 is 0. The molecule has 0 saturated heterocycles. The van der Waals surface area contributed by atoms with Crippen LogP contribution in [0.25, 0.3) is 11.1 Å². The second-order valence-electron chi connectivity index (χ2n) is 4.20. The van der Waals surface area contributed by atoms with Crippen molar-refractivity contribution in [3.8, 4) is 11.1 Å². The first kappa shape index (κ1) is 13.6. The third kappa shape index (κ3) is 3.32. The first-order chi connectivity index (χ1) is 9.22. The Morgan fingerprint density at radius 2 is 2.11 bits per heavy atom. The van der Waals surface area contributed by atoms with Crippen molar-refractivity contribution in [2.75, 3.05) is 6.54 Å². The van der Waals surface area contributed by atoms with E-state index in [-0.39, 0.29) is 5.91 Å². The molecular weight excluding hydrogens is 260 g/mol. The summed E-state index contributed by atoms with van der Waals surface area (Å²) in [5.74, 6) is -0.108. The topological polar surface area (TPSA) is 42.0 Å². The Labute approximate surface area is 117 Å². The summed E-state index contributed by atoms with van der Waals surface area (Å²) in [5.41, 5.74) is 2.27. The summed E-state index contributed by atoms with van der Waals surface area (Å²) in [7, 11) is 0. The Balaban J connectivity index is 2.30. The van der Waals surface area contributed by atoms with E-state index in [9.17, 15) is 4.79 Å². The van der Waals surface area contributed by atoms with E-state index in [0.717, 1.165) is 17.5 Å². The lowest BCUT2D eigenvalue weighted by atomic mass is 10.1. The number of hydrogen-bond acceptors (Lipinski definition) is 2. The van der Waals surface area contributed by atoms with E-state index in [1.165, 1.54) is 0 Å². The normalized spacial score (nSPS) is 10.2. The Kier molecular flexibility index (Phi) is 4.53. The van der Waals surface area contributed by atoms with E-state index in [1.54, 1.807) is 18.5 Å². The van der Waals surface area contributed by atoms with Crippen molar-refractivity contribution in [2.24, 2.45) is 0 Å². The number of aromatic nitrogens is 1. The fourth-order valence-corrected chi connectivity index (χ4v) is 1.99. The number of amides is 1. The molecule has 3 nitrogen and oxygen atoms in total. The minimum atomic E-state index is -0.108. The van der Waals surface area contributed by atoms with Gasteiger partial charge >= 0.3 is 0 Å². The summed E-state index contributed by atoms with van der Waals surface area (Å²) in [6.45, 7) is 2.67. The van der Waals surface area contributed by atoms with Gasteiger partial charge in [0.2, 0.25) is 0 Å². The lowest BCUT2D eigenvalue weighted by molar-refractivity contribution is 0.0953. The number of carbonyl (C=O) groups excluding carboxylic acids is 1. The second kappa shape index (κ2) is 6.34. The summed E-state index contributed by atoms with van der Waals surface area (Å²) in [6, 6.07) is 9.31. The lowest BCUT2D eigenvalue weighted by Crippen LogP contribution is -2.24. The summed E-state index contributed by atoms with van der Waals surface area (Å²) >= 11 is 6.15. The zero-order valence-corrected chi connectivity index (χ0v) is 11.4. The van der Waals surface area contributed by atoms with Crippen LogP contribution in [0.4, 0.5) is 0 Å². The van der Waals surface area contributed by atoms with Gasteiger partial charge in [-0.3, -0.25) is 9.78 Å². The molecule has 0 bridgehead atoms. The maximum atomic E-state index is 11.9. The van der Waals surface area contributed by atoms with Crippen molar-refractivity contribution in [2.45, 2.75) is 13.3 Å². The van der Waals surface area contributed by atoms with E-state index in [0.29, 0.717) is 17.1 Å². The Morgan fingerprint density at radius 3 is 2.84 bits per heavy atom. The summed E-state index contributed by atoms with van der Waals surface area (Å²) in [6.07, 6.45) is 4.17. The maximum Gasteiger partial charge on any atom is 0.252 e. The van der Waals surface area contributed by atoms with Gasteiger partial charge in [-0.15, -0.1) is 0 Å². The number of nitrogens with one attached hydrogen (secondary N) is 1. The molecule has 2 aromatic rings. The molecule has 1 N–H and O–H groups in total. The molecule has 0 aliphatic heterocycles. The smallest absolute Gasteiger partial charge is 0.252 e. The molecule has 0 aliphatic rings. The molecule has 0 radical (unpaired) electrons. The highest BCUT2D eigenvalue weighted by atomic mass is 35.5. The van der Waals surface area contributed by atoms with Crippen LogP contribution in [0.1, 0.15) is 23.7 Å². The fourth-order valence-electron chi connectivity index (χ4n) is 1.75. The highest BCUT2D eigenvalue weighted by molar-refractivity contribution is 6.33. The van der Waals surface area contributed by atoms with Crippen molar-refractivity contribution >= 4 is 17.5 Å². The van der Waals surface area contributed by atoms with Crippen molar-refractivity contribution in [1.82, 2.24) is 10.3 Å². The van der Waals surface area contributed by atoms with Crippen molar-refractivity contribution in [1.29, 1.82) is 0 Å². The Hall–Kier alpha value is -1.87. The number of halogens is 1. The molecule has 0 fully saturated rings. The molecule has 1 aromatic carbocycles. The van der Waals surface area contributed by atoms with E-state index in [2.05, 4.69) is 10.3 Å². The summed E-state index contributed by atoms with van der Waals surface area (Å²) in [5, 5.41) is 3.48. The molecule has 0 unspecified atom stereocenters. The van der Waals surface area contributed by atoms with Gasteiger partial charge in [0.25, 0.3) is 5.91 Å². The molecule has 1 amide bonds. The van der Waals surface area contributed by atoms with Crippen LogP contribution in [-0.4, -0.2) is 17.4 Å². The van der Waals surface area contributed by atoms with E-state index >= 15 is 0 Å². The average Bonchev–Trinajstić information content (AvgIpc) is 2.45. The Morgan fingerprint density at radius 1 is 1.32 bits per heavy atom. The van der Waals surface area contributed by atoms with Gasteiger partial charge in [0.15, 0.2) is 0 Å². The van der Waals surface area contributed by atoms with Crippen LogP contribution in [0, 0.1) is 0 Å². The highest BCUT2D eigenvalue weighted by Gasteiger charge is 2.08. The zero-order valence-electron chi connectivity index (χ0n) is 10.7. The molecule has 98 valence electrons. The zero-order chi connectivity index (χ0) is 13.7. The lowest BCUT2D eigenvalue weighted by Gasteiger charge is -2.07. The SMILES string of the molecule is CCCNC(=O)c1cncc(-c2ccccc2Cl)c1. The van der Waals surface area contributed by atoms with Gasteiger partial charge in [0.1, 0.15) is 0 Å². The largest absolute Gasteiger partial charge is 0.352 e. The van der Waals surface area contributed by atoms with Gasteiger partial charge in [-0.2, -0.15) is 0 Å².